The molecule has 0 aliphatic heterocycles. The Labute approximate surface area is 84.8 Å². The van der Waals surface area contributed by atoms with Crippen molar-refractivity contribution in [3.63, 3.8) is 0 Å². The standard InChI is InChI=1S/C8H9BF3N2O/c1-13-8(15)7-2-3-14-5-6(7)4-9(10,11)12/h2-3,5H,4H2,1H3,(H,13,15)/q-1. The third-order valence-corrected chi connectivity index (χ3v) is 1.83. The Morgan fingerprint density at radius 2 is 2.20 bits per heavy atom. The zero-order valence-corrected chi connectivity index (χ0v) is 8.01. The molecule has 0 fully saturated rings. The zero-order chi connectivity index (χ0) is 11.5. The second kappa shape index (κ2) is 4.33. The molecule has 0 saturated heterocycles. The Hall–Kier alpha value is -1.53. The average Bonchev–Trinajstić information content (AvgIpc) is 2.15. The van der Waals surface area contributed by atoms with Gasteiger partial charge in [-0.3, -0.25) is 9.78 Å². The van der Waals surface area contributed by atoms with Gasteiger partial charge in [-0.15, -0.1) is 0 Å². The summed E-state index contributed by atoms with van der Waals surface area (Å²) < 4.78 is 36.6. The molecule has 0 atom stereocenters. The number of halogens is 3. The Morgan fingerprint density at radius 3 is 2.73 bits per heavy atom. The van der Waals surface area contributed by atoms with Crippen molar-refractivity contribution in [2.75, 3.05) is 7.05 Å². The van der Waals surface area contributed by atoms with Crippen molar-refractivity contribution in [2.45, 2.75) is 6.32 Å². The van der Waals surface area contributed by atoms with Gasteiger partial charge in [0, 0.05) is 25.0 Å². The predicted molar refractivity (Wildman–Crippen MR) is 50.4 cm³/mol. The topological polar surface area (TPSA) is 42.0 Å². The van der Waals surface area contributed by atoms with E-state index in [-0.39, 0.29) is 11.1 Å². The fraction of sp³-hybridized carbons (Fsp3) is 0.250. The summed E-state index contributed by atoms with van der Waals surface area (Å²) in [6, 6.07) is 1.27. The number of pyridine rings is 1. The molecule has 0 aliphatic rings. The van der Waals surface area contributed by atoms with Crippen LogP contribution in [0.4, 0.5) is 12.9 Å². The van der Waals surface area contributed by atoms with Gasteiger partial charge in [0.05, 0.1) is 0 Å². The van der Waals surface area contributed by atoms with E-state index in [1.54, 1.807) is 0 Å². The number of amides is 1. The van der Waals surface area contributed by atoms with E-state index in [1.165, 1.54) is 19.3 Å². The van der Waals surface area contributed by atoms with Crippen LogP contribution in [0.25, 0.3) is 0 Å². The minimum absolute atomic E-state index is 0.0201. The zero-order valence-electron chi connectivity index (χ0n) is 8.01. The van der Waals surface area contributed by atoms with E-state index >= 15 is 0 Å². The first-order valence-corrected chi connectivity index (χ1v) is 4.30. The van der Waals surface area contributed by atoms with Crippen LogP contribution >= 0.6 is 0 Å². The highest BCUT2D eigenvalue weighted by atomic mass is 19.4. The van der Waals surface area contributed by atoms with E-state index in [1.807, 2.05) is 0 Å². The van der Waals surface area contributed by atoms with Crippen LogP contribution in [0.5, 0.6) is 0 Å². The summed E-state index contributed by atoms with van der Waals surface area (Å²) in [6.45, 7) is -4.96. The molecule has 1 aromatic rings. The van der Waals surface area contributed by atoms with Crippen LogP contribution in [0.2, 0.25) is 0 Å². The molecule has 82 valence electrons. The maximum Gasteiger partial charge on any atom is 0.482 e. The summed E-state index contributed by atoms with van der Waals surface area (Å²) in [5.74, 6) is -0.535. The number of aromatic nitrogens is 1. The van der Waals surface area contributed by atoms with Gasteiger partial charge in [-0.2, -0.15) is 0 Å². The molecular weight excluding hydrogens is 208 g/mol. The first-order valence-electron chi connectivity index (χ1n) is 4.30. The summed E-state index contributed by atoms with van der Waals surface area (Å²) in [6.07, 6.45) is 1.27. The minimum Gasteiger partial charge on any atom is -0.449 e. The van der Waals surface area contributed by atoms with Gasteiger partial charge >= 0.3 is 6.98 Å². The number of hydrogen-bond donors (Lipinski definition) is 1. The average molecular weight is 217 g/mol. The van der Waals surface area contributed by atoms with Crippen molar-refractivity contribution in [1.29, 1.82) is 0 Å². The van der Waals surface area contributed by atoms with Crippen LogP contribution in [-0.4, -0.2) is 24.9 Å². The van der Waals surface area contributed by atoms with Gasteiger partial charge in [-0.05, 0) is 11.6 Å². The summed E-state index contributed by atoms with van der Waals surface area (Å²) in [5.41, 5.74) is -0.0731. The highest BCUT2D eigenvalue weighted by Crippen LogP contribution is 2.18. The van der Waals surface area contributed by atoms with Crippen molar-refractivity contribution in [3.05, 3.63) is 29.6 Å². The molecule has 0 aliphatic carbocycles. The number of carbonyl (C=O) groups excluding carboxylic acids is 1. The van der Waals surface area contributed by atoms with Crippen molar-refractivity contribution in [3.8, 4) is 0 Å². The summed E-state index contributed by atoms with van der Waals surface area (Å²) >= 11 is 0. The second-order valence-electron chi connectivity index (χ2n) is 3.03. The quantitative estimate of drug-likeness (QED) is 0.776. The highest BCUT2D eigenvalue weighted by molar-refractivity contribution is 6.58. The third kappa shape index (κ3) is 3.27. The van der Waals surface area contributed by atoms with Gasteiger partial charge in [0.25, 0.3) is 5.91 Å². The maximum absolute atomic E-state index is 12.2. The molecule has 0 spiro atoms. The molecule has 1 amide bonds. The Morgan fingerprint density at radius 1 is 1.53 bits per heavy atom. The molecule has 0 aromatic carbocycles. The number of hydrogen-bond acceptors (Lipinski definition) is 2. The van der Waals surface area contributed by atoms with E-state index in [9.17, 15) is 17.7 Å². The summed E-state index contributed by atoms with van der Waals surface area (Å²) in [5, 5.41) is 2.28. The van der Waals surface area contributed by atoms with E-state index in [4.69, 9.17) is 0 Å². The second-order valence-corrected chi connectivity index (χ2v) is 3.03. The SMILES string of the molecule is CNC(=O)c1ccncc1C[B-](F)(F)F. The lowest BCUT2D eigenvalue weighted by molar-refractivity contribution is 0.0962. The normalized spacial score (nSPS) is 11.2. The lowest BCUT2D eigenvalue weighted by Gasteiger charge is -2.15. The van der Waals surface area contributed by atoms with Crippen molar-refractivity contribution in [1.82, 2.24) is 10.3 Å². The molecule has 1 rings (SSSR count). The molecule has 0 unspecified atom stereocenters. The molecule has 1 N–H and O–H groups in total. The lowest BCUT2D eigenvalue weighted by atomic mass is 9.81. The third-order valence-electron chi connectivity index (χ3n) is 1.83. The van der Waals surface area contributed by atoms with Crippen LogP contribution in [0, 0.1) is 0 Å². The van der Waals surface area contributed by atoms with Crippen molar-refractivity contribution >= 4 is 12.9 Å². The Balaban J connectivity index is 3.02. The van der Waals surface area contributed by atoms with Gasteiger partial charge in [0.1, 0.15) is 0 Å². The molecule has 15 heavy (non-hydrogen) atoms. The fourth-order valence-corrected chi connectivity index (χ4v) is 1.20. The first kappa shape index (κ1) is 11.5. The van der Waals surface area contributed by atoms with Gasteiger partial charge in [0.15, 0.2) is 0 Å². The fourth-order valence-electron chi connectivity index (χ4n) is 1.20. The van der Waals surface area contributed by atoms with Crippen LogP contribution in [0.3, 0.4) is 0 Å². The molecular formula is C8H9BF3N2O-. The highest BCUT2D eigenvalue weighted by Gasteiger charge is 2.25. The summed E-state index contributed by atoms with van der Waals surface area (Å²) in [4.78, 5) is 14.8. The molecule has 0 radical (unpaired) electrons. The Kier molecular flexibility index (Phi) is 3.33. The van der Waals surface area contributed by atoms with Gasteiger partial charge in [-0.1, -0.05) is 6.32 Å². The first-order chi connectivity index (χ1) is 6.94. The van der Waals surface area contributed by atoms with E-state index in [2.05, 4.69) is 10.3 Å². The molecule has 0 saturated carbocycles. The maximum atomic E-state index is 12.2. The van der Waals surface area contributed by atoms with Crippen molar-refractivity contribution < 1.29 is 17.7 Å². The van der Waals surface area contributed by atoms with E-state index in [0.717, 1.165) is 6.20 Å². The molecule has 1 heterocycles. The lowest BCUT2D eigenvalue weighted by Crippen LogP contribution is -2.25. The monoisotopic (exact) mass is 217 g/mol. The number of nitrogens with one attached hydrogen (secondary N) is 1. The molecule has 1 aromatic heterocycles. The van der Waals surface area contributed by atoms with E-state index in [0.29, 0.717) is 0 Å². The van der Waals surface area contributed by atoms with Crippen LogP contribution in [0.1, 0.15) is 15.9 Å². The van der Waals surface area contributed by atoms with Gasteiger partial charge < -0.3 is 18.3 Å². The van der Waals surface area contributed by atoms with Gasteiger partial charge in [0.2, 0.25) is 0 Å². The predicted octanol–water partition coefficient (Wildman–Crippen LogP) is 1.37. The van der Waals surface area contributed by atoms with Gasteiger partial charge in [-0.25, -0.2) is 0 Å². The van der Waals surface area contributed by atoms with Crippen LogP contribution in [0.15, 0.2) is 18.5 Å². The molecule has 7 heteroatoms. The van der Waals surface area contributed by atoms with Crippen molar-refractivity contribution in [2.24, 2.45) is 0 Å². The smallest absolute Gasteiger partial charge is 0.449 e. The number of nitrogens with zero attached hydrogens (tertiary/aromatic N) is 1. The van der Waals surface area contributed by atoms with E-state index < -0.39 is 19.2 Å². The van der Waals surface area contributed by atoms with Crippen LogP contribution < -0.4 is 5.32 Å². The number of rotatable bonds is 3. The van der Waals surface area contributed by atoms with Crippen LogP contribution in [-0.2, 0) is 6.32 Å². The summed E-state index contributed by atoms with van der Waals surface area (Å²) in [7, 11) is 1.37. The Bertz CT molecular complexity index is 367. The molecule has 0 bridgehead atoms. The number of carbonyl (C=O) groups is 1. The molecule has 3 nitrogen and oxygen atoms in total. The minimum atomic E-state index is -4.96. The largest absolute Gasteiger partial charge is 0.482 e.